The highest BCUT2D eigenvalue weighted by atomic mass is 79.9. The number of pyridine rings is 1. The second-order valence-corrected chi connectivity index (χ2v) is 3.83. The van der Waals surface area contributed by atoms with Gasteiger partial charge in [0.15, 0.2) is 5.69 Å². The Labute approximate surface area is 88.3 Å². The fourth-order valence-electron chi connectivity index (χ4n) is 1.37. The summed E-state index contributed by atoms with van der Waals surface area (Å²) in [6.07, 6.45) is 1.80. The van der Waals surface area contributed by atoms with E-state index in [4.69, 9.17) is 5.11 Å². The fraction of sp³-hybridized carbons (Fsp3) is 0.111. The van der Waals surface area contributed by atoms with Crippen molar-refractivity contribution in [1.29, 1.82) is 0 Å². The topological polar surface area (TPSA) is 54.6 Å². The Hall–Kier alpha value is -1.36. The summed E-state index contributed by atoms with van der Waals surface area (Å²) in [6, 6.07) is 3.52. The first-order valence-electron chi connectivity index (χ1n) is 3.97. The molecule has 0 radical (unpaired) electrons. The Kier molecular flexibility index (Phi) is 2.03. The summed E-state index contributed by atoms with van der Waals surface area (Å²) in [5, 5.41) is 8.88. The molecule has 4 nitrogen and oxygen atoms in total. The molecule has 0 bridgehead atoms. The van der Waals surface area contributed by atoms with Crippen molar-refractivity contribution in [2.45, 2.75) is 6.92 Å². The maximum absolute atomic E-state index is 10.8. The smallest absolute Gasteiger partial charge is 0.356 e. The minimum Gasteiger partial charge on any atom is -0.476 e. The first-order valence-corrected chi connectivity index (χ1v) is 4.76. The zero-order chi connectivity index (χ0) is 10.3. The Balaban J connectivity index is 2.84. The number of imidazole rings is 1. The number of rotatable bonds is 1. The monoisotopic (exact) mass is 254 g/mol. The lowest BCUT2D eigenvalue weighted by Crippen LogP contribution is -1.97. The van der Waals surface area contributed by atoms with Crippen molar-refractivity contribution in [2.24, 2.45) is 0 Å². The lowest BCUT2D eigenvalue weighted by Gasteiger charge is -1.96. The Morgan fingerprint density at radius 1 is 1.57 bits per heavy atom. The summed E-state index contributed by atoms with van der Waals surface area (Å²) in [5.74, 6) is -0.336. The summed E-state index contributed by atoms with van der Waals surface area (Å²) >= 11 is 3.32. The Morgan fingerprint density at radius 3 is 2.93 bits per heavy atom. The lowest BCUT2D eigenvalue weighted by atomic mass is 10.3. The predicted molar refractivity (Wildman–Crippen MR) is 54.6 cm³/mol. The van der Waals surface area contributed by atoms with Crippen LogP contribution in [0.25, 0.3) is 5.52 Å². The number of nitrogens with zero attached hydrogens (tertiary/aromatic N) is 2. The van der Waals surface area contributed by atoms with Crippen LogP contribution in [0.1, 0.15) is 16.3 Å². The lowest BCUT2D eigenvalue weighted by molar-refractivity contribution is 0.0693. The first-order chi connectivity index (χ1) is 6.59. The molecular formula is C9H7BrN2O2. The summed E-state index contributed by atoms with van der Waals surface area (Å²) in [4.78, 5) is 14.8. The Morgan fingerprint density at radius 2 is 2.29 bits per heavy atom. The largest absolute Gasteiger partial charge is 0.476 e. The van der Waals surface area contributed by atoms with E-state index in [-0.39, 0.29) is 5.69 Å². The number of hydrogen-bond acceptors (Lipinski definition) is 2. The number of aromatic carboxylic acids is 1. The van der Waals surface area contributed by atoms with Gasteiger partial charge in [-0.15, -0.1) is 0 Å². The maximum atomic E-state index is 10.8. The molecule has 0 unspecified atom stereocenters. The van der Waals surface area contributed by atoms with E-state index in [1.807, 2.05) is 0 Å². The van der Waals surface area contributed by atoms with Crippen LogP contribution in [0.15, 0.2) is 22.8 Å². The zero-order valence-corrected chi connectivity index (χ0v) is 8.95. The van der Waals surface area contributed by atoms with Crippen molar-refractivity contribution < 1.29 is 9.90 Å². The van der Waals surface area contributed by atoms with Gasteiger partial charge in [0.25, 0.3) is 0 Å². The van der Waals surface area contributed by atoms with Crippen molar-refractivity contribution >= 4 is 27.4 Å². The highest BCUT2D eigenvalue weighted by Crippen LogP contribution is 2.17. The van der Waals surface area contributed by atoms with Gasteiger partial charge in [-0.3, -0.25) is 0 Å². The molecule has 72 valence electrons. The van der Waals surface area contributed by atoms with E-state index >= 15 is 0 Å². The third-order valence-corrected chi connectivity index (χ3v) is 2.45. The van der Waals surface area contributed by atoms with Gasteiger partial charge < -0.3 is 9.51 Å². The van der Waals surface area contributed by atoms with Crippen LogP contribution in [0.3, 0.4) is 0 Å². The van der Waals surface area contributed by atoms with Crippen LogP contribution in [0.2, 0.25) is 0 Å². The average molecular weight is 255 g/mol. The first kappa shape index (κ1) is 9.21. The average Bonchev–Trinajstić information content (AvgIpc) is 2.44. The third kappa shape index (κ3) is 1.29. The predicted octanol–water partition coefficient (Wildman–Crippen LogP) is 2.10. The van der Waals surface area contributed by atoms with Gasteiger partial charge >= 0.3 is 5.97 Å². The normalized spacial score (nSPS) is 10.7. The second-order valence-electron chi connectivity index (χ2n) is 2.92. The van der Waals surface area contributed by atoms with E-state index in [0.717, 1.165) is 4.47 Å². The molecule has 0 aliphatic carbocycles. The second kappa shape index (κ2) is 3.09. The van der Waals surface area contributed by atoms with Gasteiger partial charge in [0.2, 0.25) is 0 Å². The van der Waals surface area contributed by atoms with E-state index in [9.17, 15) is 4.79 Å². The molecule has 0 atom stereocenters. The highest BCUT2D eigenvalue weighted by Gasteiger charge is 2.13. The van der Waals surface area contributed by atoms with Crippen molar-refractivity contribution in [2.75, 3.05) is 0 Å². The van der Waals surface area contributed by atoms with E-state index in [0.29, 0.717) is 11.3 Å². The molecule has 2 aromatic heterocycles. The highest BCUT2D eigenvalue weighted by molar-refractivity contribution is 9.10. The molecule has 0 spiro atoms. The molecule has 0 fully saturated rings. The van der Waals surface area contributed by atoms with Gasteiger partial charge in [0, 0.05) is 10.7 Å². The van der Waals surface area contributed by atoms with E-state index in [1.165, 1.54) is 0 Å². The van der Waals surface area contributed by atoms with Crippen LogP contribution in [0.4, 0.5) is 0 Å². The Bertz CT molecular complexity index is 519. The molecule has 2 rings (SSSR count). The summed E-state index contributed by atoms with van der Waals surface area (Å²) in [7, 11) is 0. The van der Waals surface area contributed by atoms with Crippen molar-refractivity contribution in [3.63, 3.8) is 0 Å². The SMILES string of the molecule is Cc1nc(C(=O)O)c2ccc(Br)cn12. The van der Waals surface area contributed by atoms with Gasteiger partial charge in [-0.05, 0) is 35.0 Å². The van der Waals surface area contributed by atoms with E-state index < -0.39 is 5.97 Å². The summed E-state index contributed by atoms with van der Waals surface area (Å²) in [5.41, 5.74) is 0.702. The van der Waals surface area contributed by atoms with Gasteiger partial charge in [0.1, 0.15) is 5.82 Å². The van der Waals surface area contributed by atoms with Crippen LogP contribution < -0.4 is 0 Å². The van der Waals surface area contributed by atoms with Crippen molar-refractivity contribution in [3.05, 3.63) is 34.3 Å². The minimum atomic E-state index is -1.00. The molecule has 0 saturated heterocycles. The molecule has 0 aliphatic heterocycles. The summed E-state index contributed by atoms with van der Waals surface area (Å²) < 4.78 is 2.63. The van der Waals surface area contributed by atoms with E-state index in [2.05, 4.69) is 20.9 Å². The molecule has 5 heteroatoms. The van der Waals surface area contributed by atoms with Crippen LogP contribution >= 0.6 is 15.9 Å². The van der Waals surface area contributed by atoms with Crippen LogP contribution in [0.5, 0.6) is 0 Å². The number of aromatic nitrogens is 2. The minimum absolute atomic E-state index is 0.0926. The van der Waals surface area contributed by atoms with Gasteiger partial charge in [-0.2, -0.15) is 0 Å². The standard InChI is InChI=1S/C9H7BrN2O2/c1-5-11-8(9(13)14)7-3-2-6(10)4-12(5)7/h2-4H,1H3,(H,13,14). The molecular weight excluding hydrogens is 248 g/mol. The number of carboxylic acids is 1. The number of carbonyl (C=O) groups is 1. The molecule has 2 heterocycles. The number of carboxylic acid groups (broad SMARTS) is 1. The number of aryl methyl sites for hydroxylation is 1. The van der Waals surface area contributed by atoms with E-state index in [1.54, 1.807) is 29.7 Å². The van der Waals surface area contributed by atoms with Crippen molar-refractivity contribution in [1.82, 2.24) is 9.38 Å². The number of halogens is 1. The van der Waals surface area contributed by atoms with Crippen LogP contribution in [0, 0.1) is 6.92 Å². The van der Waals surface area contributed by atoms with Gasteiger partial charge in [-0.25, -0.2) is 9.78 Å². The molecule has 0 saturated carbocycles. The molecule has 0 aromatic carbocycles. The molecule has 0 amide bonds. The zero-order valence-electron chi connectivity index (χ0n) is 7.36. The van der Waals surface area contributed by atoms with Gasteiger partial charge in [0.05, 0.1) is 5.52 Å². The number of fused-ring (bicyclic) bond motifs is 1. The summed E-state index contributed by atoms with van der Waals surface area (Å²) in [6.45, 7) is 1.77. The molecule has 0 aliphatic rings. The van der Waals surface area contributed by atoms with Crippen LogP contribution in [-0.4, -0.2) is 20.5 Å². The molecule has 2 aromatic rings. The van der Waals surface area contributed by atoms with Crippen molar-refractivity contribution in [3.8, 4) is 0 Å². The van der Waals surface area contributed by atoms with Crippen LogP contribution in [-0.2, 0) is 0 Å². The molecule has 14 heavy (non-hydrogen) atoms. The quantitative estimate of drug-likeness (QED) is 0.848. The molecule has 1 N–H and O–H groups in total. The van der Waals surface area contributed by atoms with Gasteiger partial charge in [-0.1, -0.05) is 0 Å². The number of hydrogen-bond donors (Lipinski definition) is 1. The fourth-order valence-corrected chi connectivity index (χ4v) is 1.70. The maximum Gasteiger partial charge on any atom is 0.356 e. The third-order valence-electron chi connectivity index (χ3n) is 1.98.